The number of hydrogen-bond donors (Lipinski definition) is 3. The van der Waals surface area contributed by atoms with E-state index in [9.17, 15) is 18.4 Å². The summed E-state index contributed by atoms with van der Waals surface area (Å²) >= 11 is 0. The molecule has 6 aromatic carbocycles. The van der Waals surface area contributed by atoms with Crippen LogP contribution in [0.3, 0.4) is 0 Å². The molecule has 2 aromatic heterocycles. The van der Waals surface area contributed by atoms with Crippen molar-refractivity contribution in [2.45, 2.75) is 0 Å². The Hall–Kier alpha value is -8.57. The summed E-state index contributed by atoms with van der Waals surface area (Å²) in [5.41, 5.74) is 10.8. The van der Waals surface area contributed by atoms with E-state index in [0.29, 0.717) is 53.3 Å². The molecule has 0 atom stereocenters. The summed E-state index contributed by atoms with van der Waals surface area (Å²) in [6, 6.07) is 36.2. The number of isocyanates is 1. The van der Waals surface area contributed by atoms with Gasteiger partial charge in [-0.2, -0.15) is 4.99 Å². The third-order valence-electron chi connectivity index (χ3n) is 10.2. The summed E-state index contributed by atoms with van der Waals surface area (Å²) in [5, 5.41) is 5.31. The molecule has 4 heterocycles. The number of carbonyl (C=O) groups excluding carboxylic acids is 2. The van der Waals surface area contributed by atoms with E-state index in [1.807, 2.05) is 60.8 Å². The second-order valence-corrected chi connectivity index (χ2v) is 15.0. The maximum atomic E-state index is 13.3. The van der Waals surface area contributed by atoms with Gasteiger partial charge in [0.05, 0.1) is 66.6 Å². The number of fused-ring (bicyclic) bond motifs is 2. The highest BCUT2D eigenvalue weighted by atomic mass is 19.1. The van der Waals surface area contributed by atoms with Crippen molar-refractivity contribution in [2.24, 2.45) is 4.99 Å². The maximum absolute atomic E-state index is 13.3. The van der Waals surface area contributed by atoms with E-state index < -0.39 is 17.7 Å². The van der Waals surface area contributed by atoms with Gasteiger partial charge in [0.25, 0.3) is 0 Å². The van der Waals surface area contributed by atoms with Crippen molar-refractivity contribution in [1.82, 2.24) is 19.9 Å². The quantitative estimate of drug-likeness (QED) is 0.0705. The molecule has 2 fully saturated rings. The van der Waals surface area contributed by atoms with Crippen molar-refractivity contribution in [3.05, 3.63) is 157 Å². The van der Waals surface area contributed by atoms with Crippen molar-refractivity contribution in [3.8, 4) is 23.0 Å². The molecule has 0 radical (unpaired) electrons. The summed E-state index contributed by atoms with van der Waals surface area (Å²) in [5.74, 6) is 3.40. The van der Waals surface area contributed by atoms with Gasteiger partial charge in [-0.25, -0.2) is 28.3 Å². The van der Waals surface area contributed by atoms with E-state index >= 15 is 0 Å². The summed E-state index contributed by atoms with van der Waals surface area (Å²) < 4.78 is 48.3. The summed E-state index contributed by atoms with van der Waals surface area (Å²) in [4.78, 5) is 48.0. The molecule has 18 heteroatoms. The highest BCUT2D eigenvalue weighted by Gasteiger charge is 2.15. The van der Waals surface area contributed by atoms with Gasteiger partial charge in [0, 0.05) is 73.6 Å². The van der Waals surface area contributed by atoms with E-state index in [0.717, 1.165) is 79.2 Å². The highest BCUT2D eigenvalue weighted by Crippen LogP contribution is 2.29. The number of amides is 2. The Morgan fingerprint density at radius 2 is 1.07 bits per heavy atom. The van der Waals surface area contributed by atoms with Crippen LogP contribution in [0.25, 0.3) is 22.1 Å². The molecule has 0 unspecified atom stereocenters. The van der Waals surface area contributed by atoms with Crippen LogP contribution >= 0.6 is 0 Å². The van der Waals surface area contributed by atoms with Crippen molar-refractivity contribution >= 4 is 68.6 Å². The molecule has 344 valence electrons. The number of nitrogens with two attached hydrogens (primary N) is 1. The van der Waals surface area contributed by atoms with Crippen molar-refractivity contribution in [3.63, 3.8) is 0 Å². The van der Waals surface area contributed by atoms with Crippen molar-refractivity contribution in [1.29, 1.82) is 0 Å². The lowest BCUT2D eigenvalue weighted by Gasteiger charge is -2.27. The Morgan fingerprint density at radius 1 is 0.588 bits per heavy atom. The molecule has 0 saturated carbocycles. The molecule has 2 aliphatic heterocycles. The molecular formula is C50H44F2N10O6. The summed E-state index contributed by atoms with van der Waals surface area (Å²) in [6.45, 7) is 6.02. The molecule has 68 heavy (non-hydrogen) atoms. The fourth-order valence-electron chi connectivity index (χ4n) is 6.93. The Kier molecular flexibility index (Phi) is 15.3. The summed E-state index contributed by atoms with van der Waals surface area (Å²) in [6.07, 6.45) is 4.91. The molecule has 2 aliphatic rings. The van der Waals surface area contributed by atoms with Crippen LogP contribution in [0.15, 0.2) is 151 Å². The van der Waals surface area contributed by atoms with E-state index in [-0.39, 0.29) is 5.69 Å². The summed E-state index contributed by atoms with van der Waals surface area (Å²) in [7, 11) is 0. The minimum Gasteiger partial charge on any atom is -0.457 e. The number of urea groups is 1. The topological polar surface area (TPSA) is 192 Å². The molecule has 0 aliphatic carbocycles. The first-order valence-corrected chi connectivity index (χ1v) is 21.4. The molecule has 2 amide bonds. The zero-order chi connectivity index (χ0) is 47.1. The van der Waals surface area contributed by atoms with Crippen molar-refractivity contribution in [2.75, 3.05) is 78.8 Å². The molecule has 16 nitrogen and oxygen atoms in total. The number of morpholine rings is 2. The van der Waals surface area contributed by atoms with Crippen LogP contribution in [0.1, 0.15) is 0 Å². The van der Waals surface area contributed by atoms with E-state index in [4.69, 9.17) is 34.6 Å². The Bertz CT molecular complexity index is 3060. The third-order valence-corrected chi connectivity index (χ3v) is 10.2. The molecule has 0 bridgehead atoms. The number of hydrogen-bond acceptors (Lipinski definition) is 14. The Balaban J connectivity index is 0.000000159. The number of carbonyl (C=O) groups is 1. The smallest absolute Gasteiger partial charge is 0.323 e. The number of nitrogens with one attached hydrogen (secondary N) is 2. The number of nitrogens with zero attached hydrogens (tertiary/aromatic N) is 7. The van der Waals surface area contributed by atoms with E-state index in [1.165, 1.54) is 42.5 Å². The fraction of sp³-hybridized carbons (Fsp3) is 0.160. The van der Waals surface area contributed by atoms with Gasteiger partial charge >= 0.3 is 6.03 Å². The minimum absolute atomic E-state index is 0.287. The average Bonchev–Trinajstić information content (AvgIpc) is 3.35. The number of rotatable bonds is 9. The fourth-order valence-corrected chi connectivity index (χ4v) is 6.93. The first-order chi connectivity index (χ1) is 33.2. The predicted octanol–water partition coefficient (Wildman–Crippen LogP) is 9.68. The number of aromatic nitrogens is 4. The molecule has 4 N–H and O–H groups in total. The Morgan fingerprint density at radius 3 is 1.60 bits per heavy atom. The average molecular weight is 919 g/mol. The third kappa shape index (κ3) is 13.0. The van der Waals surface area contributed by atoms with Gasteiger partial charge in [0.2, 0.25) is 6.08 Å². The van der Waals surface area contributed by atoms with Gasteiger partial charge < -0.3 is 45.1 Å². The number of anilines is 5. The van der Waals surface area contributed by atoms with Crippen LogP contribution in [0.5, 0.6) is 23.0 Å². The van der Waals surface area contributed by atoms with Crippen LogP contribution in [-0.2, 0) is 14.3 Å². The molecule has 10 rings (SSSR count). The first kappa shape index (κ1) is 46.0. The van der Waals surface area contributed by atoms with Gasteiger partial charge in [-0.1, -0.05) is 24.3 Å². The van der Waals surface area contributed by atoms with Gasteiger partial charge in [-0.05, 0) is 78.9 Å². The number of benzene rings is 6. The largest absolute Gasteiger partial charge is 0.457 e. The van der Waals surface area contributed by atoms with Crippen LogP contribution in [-0.4, -0.2) is 84.7 Å². The minimum atomic E-state index is -0.487. The van der Waals surface area contributed by atoms with Crippen LogP contribution in [0.2, 0.25) is 0 Å². The van der Waals surface area contributed by atoms with Gasteiger partial charge in [0.15, 0.2) is 0 Å². The molecule has 0 spiro atoms. The first-order valence-electron chi connectivity index (χ1n) is 21.4. The molecule has 8 aromatic rings. The van der Waals surface area contributed by atoms with Gasteiger partial charge in [0.1, 0.15) is 46.3 Å². The number of halogens is 2. The second-order valence-electron chi connectivity index (χ2n) is 15.0. The van der Waals surface area contributed by atoms with Crippen LogP contribution in [0.4, 0.5) is 48.0 Å². The van der Waals surface area contributed by atoms with Crippen LogP contribution < -0.4 is 35.6 Å². The van der Waals surface area contributed by atoms with Crippen molar-refractivity contribution < 1.29 is 37.3 Å². The standard InChI is InChI=1S/C25H22FN5O3.C18H18N4O2.C7H4FNO/c26-17-3-1-4-18(13-17)28-25(32)29-19-5-2-6-20(14-19)34-21-7-8-22-23(15-21)30-24(16-27-22)31-9-11-33-12-10-31;19-13-2-1-3-14(10-13)24-15-4-5-16-17(11-15)21-18(12-20-16)22-6-8-23-9-7-22;8-6-2-1-3-7(4-6)9-5-10/h1-8,13-16H,9-12H2,(H2,28,29,32);1-5,10-12H,6-9,19H2;1-4H. The highest BCUT2D eigenvalue weighted by molar-refractivity contribution is 5.99. The normalized spacial score (nSPS) is 13.2. The lowest BCUT2D eigenvalue weighted by molar-refractivity contribution is 0.122. The van der Waals surface area contributed by atoms with Gasteiger partial charge in [-0.15, -0.1) is 0 Å². The second kappa shape index (κ2) is 22.6. The predicted molar refractivity (Wildman–Crippen MR) is 256 cm³/mol. The lowest BCUT2D eigenvalue weighted by Crippen LogP contribution is -2.36. The van der Waals surface area contributed by atoms with Gasteiger partial charge in [-0.3, -0.25) is 9.97 Å². The number of nitrogen functional groups attached to an aromatic ring is 1. The number of aliphatic imine (C=N–C) groups is 1. The zero-order valence-corrected chi connectivity index (χ0v) is 36.4. The number of ether oxygens (including phenoxy) is 4. The van der Waals surface area contributed by atoms with E-state index in [1.54, 1.807) is 42.6 Å². The monoisotopic (exact) mass is 918 g/mol. The Labute approximate surface area is 389 Å². The zero-order valence-electron chi connectivity index (χ0n) is 36.4. The SMILES string of the molecule is Nc1cccc(Oc2ccc3ncc(N4CCOCC4)nc3c2)c1.O=C(Nc1cccc(F)c1)Nc1cccc(Oc2ccc3ncc(N4CCOCC4)nc3c2)c1.O=C=Nc1cccc(F)c1. The van der Waals surface area contributed by atoms with E-state index in [2.05, 4.69) is 35.4 Å². The van der Waals surface area contributed by atoms with Crippen LogP contribution in [0, 0.1) is 11.6 Å². The maximum Gasteiger partial charge on any atom is 0.323 e. The molecular weight excluding hydrogens is 875 g/mol. The molecule has 2 saturated heterocycles. The lowest BCUT2D eigenvalue weighted by atomic mass is 10.2.